The van der Waals surface area contributed by atoms with Crippen molar-refractivity contribution in [3.8, 4) is 34.4 Å². The summed E-state index contributed by atoms with van der Waals surface area (Å²) in [4.78, 5) is 5.14. The molecule has 0 atom stereocenters. The predicted molar refractivity (Wildman–Crippen MR) is 249 cm³/mol. The molecule has 0 aliphatic carbocycles. The molecule has 308 valence electrons. The maximum atomic E-state index is 6.70. The van der Waals surface area contributed by atoms with E-state index in [0.29, 0.717) is 11.5 Å². The third-order valence-electron chi connectivity index (χ3n) is 12.2. The number of aromatic nitrogens is 6. The molecular formula is C55H40N6OPt-2. The summed E-state index contributed by atoms with van der Waals surface area (Å²) in [5.74, 6) is 1.98. The molecule has 12 aromatic rings. The monoisotopic (exact) mass is 995 g/mol. The average molecular weight is 996 g/mol. The van der Waals surface area contributed by atoms with Gasteiger partial charge in [0.25, 0.3) is 6.33 Å². The second-order valence-corrected chi connectivity index (χ2v) is 17.0. The first-order valence-corrected chi connectivity index (χ1v) is 21.0. The van der Waals surface area contributed by atoms with Crippen LogP contribution in [0, 0.1) is 18.5 Å². The molecular weight excluding hydrogens is 956 g/mol. The molecule has 7 aromatic carbocycles. The van der Waals surface area contributed by atoms with E-state index in [1.807, 2.05) is 70.2 Å². The van der Waals surface area contributed by atoms with E-state index in [4.69, 9.17) is 9.72 Å². The van der Waals surface area contributed by atoms with Crippen molar-refractivity contribution in [3.63, 3.8) is 0 Å². The quantitative estimate of drug-likeness (QED) is 0.123. The third-order valence-corrected chi connectivity index (χ3v) is 12.2. The second kappa shape index (κ2) is 14.7. The Morgan fingerprint density at radius 3 is 2.02 bits per heavy atom. The summed E-state index contributed by atoms with van der Waals surface area (Å²) >= 11 is 0. The molecule has 0 bridgehead atoms. The molecule has 63 heavy (non-hydrogen) atoms. The van der Waals surface area contributed by atoms with E-state index in [9.17, 15) is 0 Å². The van der Waals surface area contributed by atoms with Crippen LogP contribution < -0.4 is 9.30 Å². The number of imidazole rings is 1. The Kier molecular flexibility index (Phi) is 9.04. The van der Waals surface area contributed by atoms with Gasteiger partial charge in [-0.1, -0.05) is 99.1 Å². The van der Waals surface area contributed by atoms with Crippen molar-refractivity contribution in [1.82, 2.24) is 23.3 Å². The smallest absolute Gasteiger partial charge is 0.267 e. The number of hydrogen-bond donors (Lipinski definition) is 0. The molecule has 8 heteroatoms. The maximum Gasteiger partial charge on any atom is 0.267 e. The standard InChI is InChI=1S/C55H40N6O.Pt/c1-55(2,3)36-28-29-56-48(32-36)61-47-34-41(62-40-21-15-20-39(33-40)59-31-30-58(35-59)37-16-7-5-8-17-37)26-27-44(47)49-50-43-23-12-14-25-46(43)60(38-18-9-6-10-19-38)54(50)53-51(52(49)61)42-22-11-13-24-45(42)57(53)4;/h5-32H,1-4H3;/q-2;. The number of rotatable bonds is 6. The molecule has 12 rings (SSSR count). The van der Waals surface area contributed by atoms with Crippen LogP contribution in [0.25, 0.3) is 88.3 Å². The van der Waals surface area contributed by atoms with Crippen LogP contribution in [0.2, 0.25) is 0 Å². The number of aryl methyl sites for hydroxylation is 1. The SMILES string of the molecule is Cn1c2ccccc2c2c1c1c(c3ccccc3n1-c1ccccc1)c1c3ccc(Oc4[c-]c(-[n+]5[c-]n(-c6ccccc6)cc5)ccc4)[c-]c3n(-c3cc(C(C)(C)C)ccn3)c12.[Pt]. The van der Waals surface area contributed by atoms with Gasteiger partial charge in [0.05, 0.1) is 27.8 Å². The summed E-state index contributed by atoms with van der Waals surface area (Å²) in [5, 5.41) is 6.93. The van der Waals surface area contributed by atoms with Crippen molar-refractivity contribution in [2.24, 2.45) is 7.05 Å². The minimum Gasteiger partial charge on any atom is -0.510 e. The van der Waals surface area contributed by atoms with Gasteiger partial charge in [-0.15, -0.1) is 29.7 Å². The van der Waals surface area contributed by atoms with Gasteiger partial charge in [0, 0.05) is 91.0 Å². The van der Waals surface area contributed by atoms with Gasteiger partial charge in [-0.2, -0.15) is 18.2 Å². The van der Waals surface area contributed by atoms with E-state index < -0.39 is 0 Å². The number of benzene rings is 7. The minimum absolute atomic E-state index is 0. The van der Waals surface area contributed by atoms with Crippen LogP contribution in [0.15, 0.2) is 170 Å². The zero-order valence-electron chi connectivity index (χ0n) is 35.1. The van der Waals surface area contributed by atoms with Crippen molar-refractivity contribution in [3.05, 3.63) is 194 Å². The first-order valence-electron chi connectivity index (χ1n) is 21.0. The van der Waals surface area contributed by atoms with E-state index in [2.05, 4.69) is 169 Å². The van der Waals surface area contributed by atoms with Crippen LogP contribution in [0.3, 0.4) is 0 Å². The normalized spacial score (nSPS) is 12.0. The van der Waals surface area contributed by atoms with Crippen molar-refractivity contribution < 1.29 is 30.4 Å². The first kappa shape index (κ1) is 38.7. The minimum atomic E-state index is -0.0993. The Balaban J connectivity index is 0.00000444. The molecule has 0 aliphatic rings. The third kappa shape index (κ3) is 6.06. The molecule has 0 saturated heterocycles. The second-order valence-electron chi connectivity index (χ2n) is 17.0. The largest absolute Gasteiger partial charge is 0.510 e. The molecule has 0 saturated carbocycles. The molecule has 0 radical (unpaired) electrons. The summed E-state index contributed by atoms with van der Waals surface area (Å²) in [6, 6.07) is 60.2. The molecule has 0 N–H and O–H groups in total. The van der Waals surface area contributed by atoms with Crippen LogP contribution >= 0.6 is 0 Å². The van der Waals surface area contributed by atoms with Crippen molar-refractivity contribution in [2.45, 2.75) is 26.2 Å². The van der Waals surface area contributed by atoms with E-state index in [-0.39, 0.29) is 26.5 Å². The van der Waals surface area contributed by atoms with E-state index in [0.717, 1.165) is 72.1 Å². The fourth-order valence-electron chi connectivity index (χ4n) is 9.39. The summed E-state index contributed by atoms with van der Waals surface area (Å²) in [6.45, 7) is 6.74. The van der Waals surface area contributed by atoms with Gasteiger partial charge in [0.2, 0.25) is 0 Å². The summed E-state index contributed by atoms with van der Waals surface area (Å²) in [5.41, 5.74) is 10.6. The number of nitrogens with zero attached hydrogens (tertiary/aromatic N) is 6. The van der Waals surface area contributed by atoms with Gasteiger partial charge in [-0.25, -0.2) is 4.98 Å². The van der Waals surface area contributed by atoms with Gasteiger partial charge in [0.15, 0.2) is 0 Å². The summed E-state index contributed by atoms with van der Waals surface area (Å²) in [7, 11) is 2.20. The van der Waals surface area contributed by atoms with Crippen LogP contribution in [-0.4, -0.2) is 23.3 Å². The molecule has 5 heterocycles. The predicted octanol–water partition coefficient (Wildman–Crippen LogP) is 12.5. The molecule has 0 spiro atoms. The molecule has 0 fully saturated rings. The molecule has 0 amide bonds. The Labute approximate surface area is 378 Å². The fourth-order valence-corrected chi connectivity index (χ4v) is 9.39. The van der Waals surface area contributed by atoms with Crippen LogP contribution in [0.5, 0.6) is 11.5 Å². The summed E-state index contributed by atoms with van der Waals surface area (Å²) < 4.78 is 17.7. The van der Waals surface area contributed by atoms with Crippen molar-refractivity contribution in [2.75, 3.05) is 0 Å². The molecule has 7 nitrogen and oxygen atoms in total. The van der Waals surface area contributed by atoms with Gasteiger partial charge in [-0.3, -0.25) is 4.57 Å². The van der Waals surface area contributed by atoms with Gasteiger partial charge < -0.3 is 23.0 Å². The number of para-hydroxylation sites is 4. The van der Waals surface area contributed by atoms with Crippen LogP contribution in [-0.2, 0) is 33.5 Å². The Morgan fingerprint density at radius 1 is 0.587 bits per heavy atom. The van der Waals surface area contributed by atoms with E-state index in [1.165, 1.54) is 21.7 Å². The number of ether oxygens (including phenoxy) is 1. The van der Waals surface area contributed by atoms with E-state index in [1.54, 1.807) is 0 Å². The van der Waals surface area contributed by atoms with Crippen LogP contribution in [0.1, 0.15) is 26.3 Å². The Morgan fingerprint density at radius 2 is 1.25 bits per heavy atom. The number of hydrogen-bond acceptors (Lipinski definition) is 2. The molecule has 5 aromatic heterocycles. The molecule has 0 unspecified atom stereocenters. The maximum absolute atomic E-state index is 6.70. The summed E-state index contributed by atoms with van der Waals surface area (Å²) in [6.07, 6.45) is 9.31. The van der Waals surface area contributed by atoms with Gasteiger partial charge in [0.1, 0.15) is 5.82 Å². The Hall–Kier alpha value is -7.21. The van der Waals surface area contributed by atoms with Crippen LogP contribution in [0.4, 0.5) is 0 Å². The Bertz CT molecular complexity index is 3720. The topological polar surface area (TPSA) is 45.7 Å². The van der Waals surface area contributed by atoms with Gasteiger partial charge in [-0.05, 0) is 70.6 Å². The number of fused-ring (bicyclic) bond motifs is 12. The van der Waals surface area contributed by atoms with Crippen molar-refractivity contribution >= 4 is 65.4 Å². The number of pyridine rings is 1. The molecule has 0 aliphatic heterocycles. The first-order chi connectivity index (χ1) is 30.3. The fraction of sp³-hybridized carbons (Fsp3) is 0.0909. The zero-order chi connectivity index (χ0) is 41.7. The van der Waals surface area contributed by atoms with Crippen molar-refractivity contribution in [1.29, 1.82) is 0 Å². The average Bonchev–Trinajstić information content (AvgIpc) is 4.08. The van der Waals surface area contributed by atoms with E-state index >= 15 is 0 Å². The zero-order valence-corrected chi connectivity index (χ0v) is 37.3. The van der Waals surface area contributed by atoms with Gasteiger partial charge >= 0.3 is 0 Å².